The van der Waals surface area contributed by atoms with Crippen LogP contribution >= 0.6 is 0 Å². The second-order valence-corrected chi connectivity index (χ2v) is 6.99. The first-order chi connectivity index (χ1) is 14.7. The van der Waals surface area contributed by atoms with Crippen molar-refractivity contribution in [2.24, 2.45) is 0 Å². The second kappa shape index (κ2) is 9.18. The van der Waals surface area contributed by atoms with Gasteiger partial charge in [0.05, 0.1) is 19.8 Å². The van der Waals surface area contributed by atoms with Gasteiger partial charge < -0.3 is 19.2 Å². The van der Waals surface area contributed by atoms with Gasteiger partial charge in [-0.05, 0) is 35.4 Å². The van der Waals surface area contributed by atoms with Crippen LogP contribution in [0, 0.1) is 0 Å². The van der Waals surface area contributed by atoms with E-state index >= 15 is 0 Å². The van der Waals surface area contributed by atoms with Crippen LogP contribution in [0.3, 0.4) is 0 Å². The summed E-state index contributed by atoms with van der Waals surface area (Å²) in [5, 5.41) is 3.89. The number of amides is 1. The number of carbonyl (C=O) groups is 1. The van der Waals surface area contributed by atoms with Crippen molar-refractivity contribution in [2.45, 2.75) is 19.6 Å². The molecule has 4 aromatic rings. The molecule has 30 heavy (non-hydrogen) atoms. The molecule has 0 fully saturated rings. The monoisotopic (exact) mass is 401 g/mol. The molecule has 0 spiro atoms. The van der Waals surface area contributed by atoms with Crippen molar-refractivity contribution in [3.63, 3.8) is 0 Å². The lowest BCUT2D eigenvalue weighted by Crippen LogP contribution is -2.24. The normalized spacial score (nSPS) is 10.7. The lowest BCUT2D eigenvalue weighted by atomic mass is 10.1. The summed E-state index contributed by atoms with van der Waals surface area (Å²) in [6.45, 7) is 0.983. The zero-order chi connectivity index (χ0) is 20.8. The number of fused-ring (bicyclic) bond motifs is 1. The van der Waals surface area contributed by atoms with Crippen LogP contribution in [0.1, 0.15) is 16.7 Å². The molecule has 0 aliphatic rings. The Morgan fingerprint density at radius 2 is 1.70 bits per heavy atom. The summed E-state index contributed by atoms with van der Waals surface area (Å²) in [6.07, 6.45) is 1.90. The SMILES string of the molecule is COc1ccc2c(CC(=O)NCc3ccc(COc4ccccc4)cc3)coc2c1. The smallest absolute Gasteiger partial charge is 0.224 e. The van der Waals surface area contributed by atoms with Crippen LogP contribution in [-0.2, 0) is 24.4 Å². The average Bonchev–Trinajstić information content (AvgIpc) is 3.19. The summed E-state index contributed by atoms with van der Waals surface area (Å²) < 4.78 is 16.5. The standard InChI is InChI=1S/C25H23NO4/c1-28-22-11-12-23-20(17-30-24(23)14-22)13-25(27)26-15-18-7-9-19(10-8-18)16-29-21-5-3-2-4-6-21/h2-12,14,17H,13,15-16H2,1H3,(H,26,27). The van der Waals surface area contributed by atoms with Crippen molar-refractivity contribution in [1.82, 2.24) is 5.32 Å². The third-order valence-corrected chi connectivity index (χ3v) is 4.88. The molecule has 5 nitrogen and oxygen atoms in total. The molecule has 0 atom stereocenters. The van der Waals surface area contributed by atoms with E-state index in [1.807, 2.05) is 72.8 Å². The second-order valence-electron chi connectivity index (χ2n) is 6.99. The molecule has 3 aromatic carbocycles. The Labute approximate surface area is 175 Å². The van der Waals surface area contributed by atoms with Gasteiger partial charge in [0, 0.05) is 23.6 Å². The number of carbonyl (C=O) groups excluding carboxylic acids is 1. The molecule has 0 saturated carbocycles. The maximum absolute atomic E-state index is 12.4. The number of benzene rings is 3. The predicted octanol–water partition coefficient (Wildman–Crippen LogP) is 4.88. The molecular formula is C25H23NO4. The Hall–Kier alpha value is -3.73. The van der Waals surface area contributed by atoms with Gasteiger partial charge in [-0.3, -0.25) is 4.79 Å². The van der Waals surface area contributed by atoms with Crippen molar-refractivity contribution in [1.29, 1.82) is 0 Å². The van der Waals surface area contributed by atoms with E-state index in [0.29, 0.717) is 18.7 Å². The number of furan rings is 1. The molecule has 0 bridgehead atoms. The molecule has 0 saturated heterocycles. The minimum Gasteiger partial charge on any atom is -0.497 e. The molecule has 152 valence electrons. The van der Waals surface area contributed by atoms with Crippen molar-refractivity contribution in [3.05, 3.63) is 95.7 Å². The minimum atomic E-state index is -0.0509. The Bertz CT molecular complexity index is 1120. The number of ether oxygens (including phenoxy) is 2. The van der Waals surface area contributed by atoms with E-state index in [0.717, 1.165) is 33.6 Å². The van der Waals surface area contributed by atoms with Crippen molar-refractivity contribution in [2.75, 3.05) is 7.11 Å². The van der Waals surface area contributed by atoms with Crippen LogP contribution in [0.5, 0.6) is 11.5 Å². The molecule has 0 radical (unpaired) electrons. The fraction of sp³-hybridized carbons (Fsp3) is 0.160. The number of hydrogen-bond acceptors (Lipinski definition) is 4. The summed E-state index contributed by atoms with van der Waals surface area (Å²) in [7, 11) is 1.61. The summed E-state index contributed by atoms with van der Waals surface area (Å²) in [6, 6.07) is 23.4. The third-order valence-electron chi connectivity index (χ3n) is 4.88. The van der Waals surface area contributed by atoms with Gasteiger partial charge in [0.1, 0.15) is 23.7 Å². The van der Waals surface area contributed by atoms with E-state index in [9.17, 15) is 4.79 Å². The van der Waals surface area contributed by atoms with Gasteiger partial charge in [-0.2, -0.15) is 0 Å². The third kappa shape index (κ3) is 4.81. The van der Waals surface area contributed by atoms with Gasteiger partial charge in [-0.15, -0.1) is 0 Å². The van der Waals surface area contributed by atoms with Crippen LogP contribution in [-0.4, -0.2) is 13.0 Å². The topological polar surface area (TPSA) is 60.7 Å². The van der Waals surface area contributed by atoms with E-state index < -0.39 is 0 Å². The van der Waals surface area contributed by atoms with Gasteiger partial charge in [0.15, 0.2) is 0 Å². The number of nitrogens with one attached hydrogen (secondary N) is 1. The van der Waals surface area contributed by atoms with Crippen LogP contribution in [0.2, 0.25) is 0 Å². The number of methoxy groups -OCH3 is 1. The van der Waals surface area contributed by atoms with Crippen molar-refractivity contribution >= 4 is 16.9 Å². The van der Waals surface area contributed by atoms with E-state index in [1.165, 1.54) is 0 Å². The zero-order valence-electron chi connectivity index (χ0n) is 16.8. The molecule has 4 rings (SSSR count). The fourth-order valence-corrected chi connectivity index (χ4v) is 3.20. The van der Waals surface area contributed by atoms with Crippen LogP contribution in [0.15, 0.2) is 83.5 Å². The molecule has 1 heterocycles. The van der Waals surface area contributed by atoms with Gasteiger partial charge in [0.2, 0.25) is 5.91 Å². The van der Waals surface area contributed by atoms with Crippen LogP contribution < -0.4 is 14.8 Å². The Balaban J connectivity index is 1.28. The van der Waals surface area contributed by atoms with E-state index in [-0.39, 0.29) is 12.3 Å². The summed E-state index contributed by atoms with van der Waals surface area (Å²) in [4.78, 5) is 12.4. The first kappa shape index (κ1) is 19.6. The molecule has 0 unspecified atom stereocenters. The Morgan fingerprint density at radius 3 is 2.47 bits per heavy atom. The number of hydrogen-bond donors (Lipinski definition) is 1. The molecule has 5 heteroatoms. The van der Waals surface area contributed by atoms with E-state index in [2.05, 4.69) is 5.32 Å². The highest BCUT2D eigenvalue weighted by molar-refractivity contribution is 5.88. The van der Waals surface area contributed by atoms with Crippen LogP contribution in [0.4, 0.5) is 0 Å². The fourth-order valence-electron chi connectivity index (χ4n) is 3.20. The van der Waals surface area contributed by atoms with Gasteiger partial charge in [-0.1, -0.05) is 42.5 Å². The summed E-state index contributed by atoms with van der Waals surface area (Å²) in [5.41, 5.74) is 3.69. The molecular weight excluding hydrogens is 378 g/mol. The molecule has 1 N–H and O–H groups in total. The highest BCUT2D eigenvalue weighted by Crippen LogP contribution is 2.25. The first-order valence-electron chi connectivity index (χ1n) is 9.78. The Kier molecular flexibility index (Phi) is 5.99. The highest BCUT2D eigenvalue weighted by atomic mass is 16.5. The molecule has 0 aliphatic carbocycles. The highest BCUT2D eigenvalue weighted by Gasteiger charge is 2.11. The molecule has 1 amide bonds. The zero-order valence-corrected chi connectivity index (χ0v) is 16.8. The van der Waals surface area contributed by atoms with Crippen LogP contribution in [0.25, 0.3) is 11.0 Å². The molecule has 1 aromatic heterocycles. The quantitative estimate of drug-likeness (QED) is 0.457. The summed E-state index contributed by atoms with van der Waals surface area (Å²) >= 11 is 0. The summed E-state index contributed by atoms with van der Waals surface area (Å²) in [5.74, 6) is 1.52. The van der Waals surface area contributed by atoms with Gasteiger partial charge in [0.25, 0.3) is 0 Å². The van der Waals surface area contributed by atoms with E-state index in [4.69, 9.17) is 13.9 Å². The first-order valence-corrected chi connectivity index (χ1v) is 9.78. The lowest BCUT2D eigenvalue weighted by Gasteiger charge is -2.08. The lowest BCUT2D eigenvalue weighted by molar-refractivity contribution is -0.120. The van der Waals surface area contributed by atoms with E-state index in [1.54, 1.807) is 13.4 Å². The van der Waals surface area contributed by atoms with Crippen molar-refractivity contribution in [3.8, 4) is 11.5 Å². The average molecular weight is 401 g/mol. The van der Waals surface area contributed by atoms with Gasteiger partial charge in [-0.25, -0.2) is 0 Å². The maximum Gasteiger partial charge on any atom is 0.224 e. The Morgan fingerprint density at radius 1 is 0.933 bits per heavy atom. The number of rotatable bonds is 8. The van der Waals surface area contributed by atoms with Crippen molar-refractivity contribution < 1.29 is 18.7 Å². The maximum atomic E-state index is 12.4. The van der Waals surface area contributed by atoms with Gasteiger partial charge >= 0.3 is 0 Å². The minimum absolute atomic E-state index is 0.0509. The predicted molar refractivity (Wildman–Crippen MR) is 116 cm³/mol. The molecule has 0 aliphatic heterocycles. The number of para-hydroxylation sites is 1. The largest absolute Gasteiger partial charge is 0.497 e.